The summed E-state index contributed by atoms with van der Waals surface area (Å²) in [4.78, 5) is 11.3. The number of hydrogen-bond donors (Lipinski definition) is 3. The van der Waals surface area contributed by atoms with Crippen LogP contribution in [0.25, 0.3) is 0 Å². The molecule has 1 aliphatic rings. The molecule has 1 heterocycles. The van der Waals surface area contributed by atoms with Crippen LogP contribution in [0.4, 0.5) is 13.2 Å². The van der Waals surface area contributed by atoms with Gasteiger partial charge in [0.15, 0.2) is 5.94 Å². The molecule has 0 aromatic carbocycles. The van der Waals surface area contributed by atoms with Crippen molar-refractivity contribution in [3.63, 3.8) is 0 Å². The molecule has 3 N–H and O–H groups in total. The normalized spacial score (nSPS) is 21.8. The number of alkyl halides is 3. The summed E-state index contributed by atoms with van der Waals surface area (Å²) in [5, 5.41) is 29.6. The fraction of sp³-hybridized carbons (Fsp3) is 0.476. The molecule has 0 radical (unpaired) electrons. The van der Waals surface area contributed by atoms with Gasteiger partial charge in [-0.2, -0.15) is 13.2 Å². The predicted molar refractivity (Wildman–Crippen MR) is 113 cm³/mol. The van der Waals surface area contributed by atoms with Gasteiger partial charge in [-0.1, -0.05) is 48.6 Å². The first kappa shape index (κ1) is 28.8. The molecule has 1 aliphatic heterocycles. The van der Waals surface area contributed by atoms with Crippen molar-refractivity contribution >= 4 is 15.8 Å². The minimum absolute atomic E-state index is 0.157. The second kappa shape index (κ2) is 12.8. The van der Waals surface area contributed by atoms with Crippen LogP contribution in [0.2, 0.25) is 0 Å². The lowest BCUT2D eigenvalue weighted by Gasteiger charge is -2.32. The highest BCUT2D eigenvalue weighted by Gasteiger charge is 2.47. The van der Waals surface area contributed by atoms with Crippen LogP contribution in [0.5, 0.6) is 0 Å². The smallest absolute Gasteiger partial charge is 0.455 e. The van der Waals surface area contributed by atoms with Crippen molar-refractivity contribution < 1.29 is 51.2 Å². The van der Waals surface area contributed by atoms with Gasteiger partial charge in [0, 0.05) is 18.9 Å². The van der Waals surface area contributed by atoms with Crippen molar-refractivity contribution in [2.75, 3.05) is 12.5 Å². The van der Waals surface area contributed by atoms with Crippen molar-refractivity contribution in [1.29, 1.82) is 0 Å². The second-order valence-corrected chi connectivity index (χ2v) is 9.14. The fourth-order valence-corrected chi connectivity index (χ4v) is 3.01. The van der Waals surface area contributed by atoms with Crippen molar-refractivity contribution in [2.24, 2.45) is 0 Å². The van der Waals surface area contributed by atoms with Gasteiger partial charge < -0.3 is 24.8 Å². The van der Waals surface area contributed by atoms with E-state index in [0.717, 1.165) is 13.0 Å². The Morgan fingerprint density at radius 3 is 2.55 bits per heavy atom. The molecule has 8 nitrogen and oxygen atoms in total. The number of cyclic esters (lactones) is 1. The van der Waals surface area contributed by atoms with Crippen LogP contribution in [0, 0.1) is 0 Å². The molecule has 1 rings (SSSR count). The molecule has 0 saturated heterocycles. The highest BCUT2D eigenvalue weighted by molar-refractivity contribution is 7.92. The minimum Gasteiger partial charge on any atom is -0.455 e. The van der Waals surface area contributed by atoms with Crippen LogP contribution in [-0.2, 0) is 24.1 Å². The van der Waals surface area contributed by atoms with E-state index in [9.17, 15) is 36.6 Å². The summed E-state index contributed by atoms with van der Waals surface area (Å²) in [5.74, 6) is -2.36. The van der Waals surface area contributed by atoms with E-state index >= 15 is 0 Å². The summed E-state index contributed by atoms with van der Waals surface area (Å²) < 4.78 is 70.7. The van der Waals surface area contributed by atoms with Gasteiger partial charge in [-0.05, 0) is 13.0 Å². The molecule has 0 aromatic heterocycles. The van der Waals surface area contributed by atoms with Crippen molar-refractivity contribution in [3.05, 3.63) is 60.8 Å². The van der Waals surface area contributed by atoms with Crippen molar-refractivity contribution in [2.45, 2.75) is 49.2 Å². The number of rotatable bonds is 12. The summed E-state index contributed by atoms with van der Waals surface area (Å²) in [7, 11) is -5.64. The summed E-state index contributed by atoms with van der Waals surface area (Å²) in [6.45, 7) is 1.00. The number of ether oxygens (including phenoxy) is 2. The topological polar surface area (TPSA) is 130 Å². The Hall–Kier alpha value is -2.25. The Morgan fingerprint density at radius 1 is 1.27 bits per heavy atom. The first-order valence-corrected chi connectivity index (χ1v) is 11.4. The Morgan fingerprint density at radius 2 is 1.94 bits per heavy atom. The second-order valence-electron chi connectivity index (χ2n) is 7.22. The molecule has 0 spiro atoms. The number of aliphatic hydroxyl groups excluding tert-OH is 2. The summed E-state index contributed by atoms with van der Waals surface area (Å²) in [6, 6.07) is 0. The standard InChI is InChI=1S/C21H27F3O8S/c1-20(28,12-11-17-9-7-10-19(27)32-17)18(31-15-33(29,30)21(22,23)24)14-16(26)8-5-3-2-4-6-13-25/h2-8,10-12,16-18,25-26,28H,9,13-15H2,1H3/t16-,17+,18?,20+/m0/s1. The molecule has 0 fully saturated rings. The van der Waals surface area contributed by atoms with Crippen LogP contribution >= 0.6 is 0 Å². The first-order valence-electron chi connectivity index (χ1n) is 9.77. The number of carbonyl (C=O) groups is 1. The summed E-state index contributed by atoms with van der Waals surface area (Å²) >= 11 is 0. The van der Waals surface area contributed by atoms with Crippen molar-refractivity contribution in [3.8, 4) is 0 Å². The van der Waals surface area contributed by atoms with Gasteiger partial charge >= 0.3 is 11.5 Å². The number of allylic oxidation sites excluding steroid dienone is 4. The lowest BCUT2D eigenvalue weighted by molar-refractivity contribution is -0.141. The fourth-order valence-electron chi connectivity index (χ4n) is 2.53. The zero-order valence-electron chi connectivity index (χ0n) is 17.8. The number of halogens is 3. The minimum atomic E-state index is -5.64. The molecule has 1 unspecified atom stereocenters. The van der Waals surface area contributed by atoms with Crippen LogP contribution in [0.3, 0.4) is 0 Å². The number of aliphatic hydroxyl groups is 3. The van der Waals surface area contributed by atoms with E-state index in [1.165, 1.54) is 48.6 Å². The van der Waals surface area contributed by atoms with Crippen LogP contribution < -0.4 is 0 Å². The lowest BCUT2D eigenvalue weighted by atomic mass is 9.92. The van der Waals surface area contributed by atoms with E-state index in [1.807, 2.05) is 0 Å². The zero-order valence-corrected chi connectivity index (χ0v) is 18.6. The third-order valence-corrected chi connectivity index (χ3v) is 5.48. The van der Waals surface area contributed by atoms with E-state index in [1.54, 1.807) is 6.08 Å². The van der Waals surface area contributed by atoms with Gasteiger partial charge in [0.05, 0.1) is 18.8 Å². The number of hydrogen-bond acceptors (Lipinski definition) is 8. The van der Waals surface area contributed by atoms with Gasteiger partial charge in [0.1, 0.15) is 11.7 Å². The quantitative estimate of drug-likeness (QED) is 0.212. The van der Waals surface area contributed by atoms with Gasteiger partial charge in [-0.3, -0.25) is 0 Å². The number of sulfone groups is 1. The average Bonchev–Trinajstić information content (AvgIpc) is 2.71. The monoisotopic (exact) mass is 496 g/mol. The van der Waals surface area contributed by atoms with E-state index in [-0.39, 0.29) is 6.61 Å². The Bertz CT molecular complexity index is 886. The average molecular weight is 497 g/mol. The van der Waals surface area contributed by atoms with Crippen LogP contribution in [-0.4, -0.2) is 71.7 Å². The molecule has 0 bridgehead atoms. The molecule has 12 heteroatoms. The van der Waals surface area contributed by atoms with Gasteiger partial charge in [0.25, 0.3) is 9.84 Å². The maximum atomic E-state index is 12.7. The Balaban J connectivity index is 2.98. The summed E-state index contributed by atoms with van der Waals surface area (Å²) in [6.07, 6.45) is 10.1. The van der Waals surface area contributed by atoms with Crippen LogP contribution in [0.15, 0.2) is 60.8 Å². The molecule has 186 valence electrons. The first-order chi connectivity index (χ1) is 15.3. The van der Waals surface area contributed by atoms with E-state index in [2.05, 4.69) is 0 Å². The predicted octanol–water partition coefficient (Wildman–Crippen LogP) is 1.85. The maximum Gasteiger partial charge on any atom is 0.499 e. The molecule has 0 amide bonds. The number of carbonyl (C=O) groups excluding carboxylic acids is 1. The van der Waals surface area contributed by atoms with E-state index < -0.39 is 57.6 Å². The molecule has 33 heavy (non-hydrogen) atoms. The lowest BCUT2D eigenvalue weighted by Crippen LogP contribution is -2.43. The third-order valence-electron chi connectivity index (χ3n) is 4.33. The SMILES string of the molecule is C[C@@](O)(C=C[C@H]1CC=CC(=O)O1)C(C[C@@H](O)C=CC=CC=CCO)OCS(=O)(=O)C(F)(F)F. The third kappa shape index (κ3) is 10.5. The molecular formula is C21H27F3O8S. The van der Waals surface area contributed by atoms with E-state index in [4.69, 9.17) is 14.6 Å². The molecule has 0 aliphatic carbocycles. The van der Waals surface area contributed by atoms with Gasteiger partial charge in [0.2, 0.25) is 0 Å². The van der Waals surface area contributed by atoms with Crippen LogP contribution in [0.1, 0.15) is 19.8 Å². The highest BCUT2D eigenvalue weighted by atomic mass is 32.2. The molecular weight excluding hydrogens is 469 g/mol. The van der Waals surface area contributed by atoms with Crippen molar-refractivity contribution in [1.82, 2.24) is 0 Å². The van der Waals surface area contributed by atoms with E-state index in [0.29, 0.717) is 6.42 Å². The van der Waals surface area contributed by atoms with Gasteiger partial charge in [-0.15, -0.1) is 0 Å². The number of esters is 1. The largest absolute Gasteiger partial charge is 0.499 e. The summed E-state index contributed by atoms with van der Waals surface area (Å²) in [5.41, 5.74) is -7.57. The zero-order chi connectivity index (χ0) is 25.1. The molecule has 0 aromatic rings. The molecule has 4 atom stereocenters. The highest BCUT2D eigenvalue weighted by Crippen LogP contribution is 2.27. The Labute approximate surface area is 189 Å². The molecule has 0 saturated carbocycles. The van der Waals surface area contributed by atoms with Gasteiger partial charge in [-0.25, -0.2) is 13.2 Å². The maximum absolute atomic E-state index is 12.7. The Kier molecular flexibility index (Phi) is 11.2.